The van der Waals surface area contributed by atoms with E-state index in [0.29, 0.717) is 5.69 Å². The second-order valence-electron chi connectivity index (χ2n) is 7.20. The molecule has 4 atom stereocenters. The van der Waals surface area contributed by atoms with Gasteiger partial charge in [0.25, 0.3) is 5.91 Å². The van der Waals surface area contributed by atoms with Crippen LogP contribution in [0.15, 0.2) is 24.3 Å². The molecule has 2 fully saturated rings. The molecule has 1 heterocycles. The third-order valence-electron chi connectivity index (χ3n) is 6.55. The number of carbonyl (C=O) groups is 1. The van der Waals surface area contributed by atoms with E-state index in [9.17, 15) is 13.6 Å². The van der Waals surface area contributed by atoms with Gasteiger partial charge in [-0.1, -0.05) is 13.0 Å². The Hall–Kier alpha value is -2.41. The Bertz CT molecular complexity index is 936. The van der Waals surface area contributed by atoms with Gasteiger partial charge >= 0.3 is 0 Å². The maximum atomic E-state index is 14.1. The van der Waals surface area contributed by atoms with E-state index in [1.165, 1.54) is 25.3 Å². The largest absolute Gasteiger partial charge is 0.277 e. The Balaban J connectivity index is 0.00000168. The summed E-state index contributed by atoms with van der Waals surface area (Å²) in [5, 5.41) is 8.28. The van der Waals surface area contributed by atoms with Crippen LogP contribution >= 0.6 is 0 Å². The summed E-state index contributed by atoms with van der Waals surface area (Å²) in [6.45, 7) is 2.06. The van der Waals surface area contributed by atoms with Crippen LogP contribution in [0.25, 0.3) is 11.3 Å². The van der Waals surface area contributed by atoms with Crippen molar-refractivity contribution in [1.82, 2.24) is 15.7 Å². The lowest BCUT2D eigenvalue weighted by Gasteiger charge is -2.32. The SMILES string of the molecule is CONC(=O)C12c3nnc(-c4c(F)cccc4F)cc3[C@H]3CC1[C@]32C.[HH]. The van der Waals surface area contributed by atoms with E-state index in [-0.39, 0.29) is 35.8 Å². The summed E-state index contributed by atoms with van der Waals surface area (Å²) in [6, 6.07) is 5.38. The standard InChI is InChI=1S/C18H15F2N3O2.H2/c1-17-9-7-13(17)18(17,16(24)23-25-2)15-8(9)6-12(21-22-15)14-10(19)4-3-5-11(14)20;/h3-6,9,13H,7H2,1-2H3,(H,23,24);1H/t9-,13?,17+,18?;/m1./s1. The van der Waals surface area contributed by atoms with E-state index in [1.807, 2.05) is 0 Å². The normalized spacial score (nSPS) is 33.3. The fraction of sp³-hybridized carbons (Fsp3) is 0.389. The van der Waals surface area contributed by atoms with Crippen molar-refractivity contribution in [3.8, 4) is 11.3 Å². The quantitative estimate of drug-likeness (QED) is 0.869. The molecule has 3 aliphatic carbocycles. The predicted octanol–water partition coefficient (Wildman–Crippen LogP) is 2.72. The third kappa shape index (κ3) is 1.41. The van der Waals surface area contributed by atoms with E-state index in [4.69, 9.17) is 4.84 Å². The van der Waals surface area contributed by atoms with Gasteiger partial charge in [-0.05, 0) is 47.4 Å². The number of aromatic nitrogens is 2. The molecule has 0 saturated heterocycles. The fourth-order valence-corrected chi connectivity index (χ4v) is 5.39. The molecule has 1 aromatic heterocycles. The van der Waals surface area contributed by atoms with E-state index in [2.05, 4.69) is 22.6 Å². The van der Waals surface area contributed by atoms with Crippen LogP contribution in [-0.2, 0) is 15.0 Å². The predicted molar refractivity (Wildman–Crippen MR) is 85.3 cm³/mol. The van der Waals surface area contributed by atoms with Crippen LogP contribution in [0.4, 0.5) is 8.78 Å². The zero-order valence-electron chi connectivity index (χ0n) is 13.6. The molecular weight excluding hydrogens is 328 g/mol. The van der Waals surface area contributed by atoms with Crippen molar-refractivity contribution in [3.63, 3.8) is 0 Å². The smallest absolute Gasteiger partial charge is 0.256 e. The number of rotatable bonds is 3. The van der Waals surface area contributed by atoms with Gasteiger partial charge in [0.1, 0.15) is 17.0 Å². The molecule has 25 heavy (non-hydrogen) atoms. The Morgan fingerprint density at radius 2 is 2.08 bits per heavy atom. The summed E-state index contributed by atoms with van der Waals surface area (Å²) in [7, 11) is 1.39. The molecule has 5 rings (SSSR count). The first kappa shape index (κ1) is 14.9. The van der Waals surface area contributed by atoms with Crippen molar-refractivity contribution in [3.05, 3.63) is 47.2 Å². The number of hydroxylamine groups is 1. The van der Waals surface area contributed by atoms with Crippen LogP contribution in [0.3, 0.4) is 0 Å². The van der Waals surface area contributed by atoms with E-state index in [1.54, 1.807) is 6.07 Å². The maximum Gasteiger partial charge on any atom is 0.256 e. The molecule has 3 aliphatic rings. The molecule has 2 saturated carbocycles. The summed E-state index contributed by atoms with van der Waals surface area (Å²) in [5.74, 6) is -1.20. The molecule has 1 N–H and O–H groups in total. The Morgan fingerprint density at radius 1 is 1.36 bits per heavy atom. The van der Waals surface area contributed by atoms with Gasteiger partial charge in [-0.3, -0.25) is 9.63 Å². The minimum absolute atomic E-state index is 0. The number of nitrogens with one attached hydrogen (secondary N) is 1. The number of hydrogen-bond donors (Lipinski definition) is 1. The second-order valence-corrected chi connectivity index (χ2v) is 7.20. The Morgan fingerprint density at radius 3 is 2.76 bits per heavy atom. The topological polar surface area (TPSA) is 64.1 Å². The highest BCUT2D eigenvalue weighted by molar-refractivity contribution is 5.97. The highest BCUT2D eigenvalue weighted by Crippen LogP contribution is 2.89. The molecule has 2 unspecified atom stereocenters. The van der Waals surface area contributed by atoms with Crippen molar-refractivity contribution in [2.45, 2.75) is 24.7 Å². The van der Waals surface area contributed by atoms with Crippen LogP contribution in [0.2, 0.25) is 0 Å². The first-order chi connectivity index (χ1) is 12.0. The molecule has 0 spiro atoms. The van der Waals surface area contributed by atoms with E-state index >= 15 is 0 Å². The van der Waals surface area contributed by atoms with Gasteiger partial charge in [0.2, 0.25) is 0 Å². The molecular formula is C18H17F2N3O2. The monoisotopic (exact) mass is 345 g/mol. The number of halogens is 2. The zero-order valence-corrected chi connectivity index (χ0v) is 13.6. The van der Waals surface area contributed by atoms with Gasteiger partial charge in [0.15, 0.2) is 0 Å². The number of hydrogen-bond acceptors (Lipinski definition) is 4. The molecule has 2 aromatic rings. The molecule has 1 aromatic carbocycles. The summed E-state index contributed by atoms with van der Waals surface area (Å²) in [4.78, 5) is 17.5. The highest BCUT2D eigenvalue weighted by atomic mass is 19.1. The van der Waals surface area contributed by atoms with Crippen molar-refractivity contribution in [2.24, 2.45) is 11.3 Å². The average molecular weight is 345 g/mol. The maximum absolute atomic E-state index is 14.1. The minimum Gasteiger partial charge on any atom is -0.277 e. The minimum atomic E-state index is -0.734. The van der Waals surface area contributed by atoms with Gasteiger partial charge in [-0.25, -0.2) is 14.3 Å². The number of amides is 1. The summed E-state index contributed by atoms with van der Waals surface area (Å²) in [5.41, 5.74) is 2.94. The lowest BCUT2D eigenvalue weighted by atomic mass is 9.71. The molecule has 130 valence electrons. The van der Waals surface area contributed by atoms with Gasteiger partial charge in [0, 0.05) is 1.43 Å². The molecule has 7 heteroatoms. The van der Waals surface area contributed by atoms with Gasteiger partial charge in [-0.2, -0.15) is 5.10 Å². The Labute approximate surface area is 143 Å². The molecule has 1 amide bonds. The first-order valence-corrected chi connectivity index (χ1v) is 8.13. The van der Waals surface area contributed by atoms with Crippen molar-refractivity contribution in [1.29, 1.82) is 0 Å². The third-order valence-corrected chi connectivity index (χ3v) is 6.55. The average Bonchev–Trinajstić information content (AvgIpc) is 2.93. The van der Waals surface area contributed by atoms with Crippen molar-refractivity contribution < 1.29 is 19.8 Å². The van der Waals surface area contributed by atoms with Gasteiger partial charge in [0.05, 0.1) is 24.1 Å². The van der Waals surface area contributed by atoms with E-state index < -0.39 is 17.0 Å². The summed E-state index contributed by atoms with van der Waals surface area (Å²) >= 11 is 0. The van der Waals surface area contributed by atoms with Crippen LogP contribution in [0, 0.1) is 23.0 Å². The van der Waals surface area contributed by atoms with Crippen LogP contribution in [-0.4, -0.2) is 23.2 Å². The summed E-state index contributed by atoms with van der Waals surface area (Å²) in [6.07, 6.45) is 0.867. The number of carbonyl (C=O) groups excluding carboxylic acids is 1. The molecule has 0 radical (unpaired) electrons. The van der Waals surface area contributed by atoms with Gasteiger partial charge in [-0.15, -0.1) is 5.10 Å². The van der Waals surface area contributed by atoms with E-state index in [0.717, 1.165) is 12.0 Å². The summed E-state index contributed by atoms with van der Waals surface area (Å²) < 4.78 is 28.1. The number of nitrogens with zero attached hydrogens (tertiary/aromatic N) is 2. The lowest BCUT2D eigenvalue weighted by molar-refractivity contribution is -0.134. The molecule has 5 nitrogen and oxygen atoms in total. The lowest BCUT2D eigenvalue weighted by Crippen LogP contribution is -2.37. The van der Waals surface area contributed by atoms with Crippen LogP contribution < -0.4 is 5.48 Å². The number of fused-ring (bicyclic) bond motifs is 4. The first-order valence-electron chi connectivity index (χ1n) is 8.13. The number of benzene rings is 1. The highest BCUT2D eigenvalue weighted by Gasteiger charge is 2.91. The van der Waals surface area contributed by atoms with Crippen LogP contribution in [0.5, 0.6) is 0 Å². The second kappa shape index (κ2) is 4.40. The molecule has 0 bridgehead atoms. The zero-order chi connectivity index (χ0) is 17.6. The fourth-order valence-electron chi connectivity index (χ4n) is 5.39. The van der Waals surface area contributed by atoms with Crippen LogP contribution in [0.1, 0.15) is 31.9 Å². The van der Waals surface area contributed by atoms with Crippen molar-refractivity contribution in [2.75, 3.05) is 7.11 Å². The molecule has 0 aliphatic heterocycles. The Kier molecular flexibility index (Phi) is 2.62. The van der Waals surface area contributed by atoms with Crippen molar-refractivity contribution >= 4 is 5.91 Å². The van der Waals surface area contributed by atoms with Gasteiger partial charge < -0.3 is 0 Å².